The van der Waals surface area contributed by atoms with Gasteiger partial charge in [0.05, 0.1) is 0 Å². The molecule has 1 heterocycles. The first-order chi connectivity index (χ1) is 5.62. The average molecular weight is 183 g/mol. The highest BCUT2D eigenvalue weighted by Crippen LogP contribution is 2.50. The Morgan fingerprint density at radius 3 is 2.33 bits per heavy atom. The van der Waals surface area contributed by atoms with Gasteiger partial charge in [-0.15, -0.1) is 11.8 Å². The highest BCUT2D eigenvalue weighted by Gasteiger charge is 2.41. The van der Waals surface area contributed by atoms with E-state index < -0.39 is 0 Å². The zero-order valence-corrected chi connectivity index (χ0v) is 8.78. The lowest BCUT2D eigenvalue weighted by Gasteiger charge is -2.32. The molecule has 0 unspecified atom stereocenters. The van der Waals surface area contributed by atoms with E-state index >= 15 is 0 Å². The first-order valence-corrected chi connectivity index (χ1v) is 5.70. The molecule has 0 aromatic rings. The van der Waals surface area contributed by atoms with Crippen LogP contribution in [0.5, 0.6) is 0 Å². The van der Waals surface area contributed by atoms with Crippen molar-refractivity contribution in [2.45, 2.75) is 55.6 Å². The summed E-state index contributed by atoms with van der Waals surface area (Å²) >= 11 is 2.07. The minimum absolute atomic E-state index is 0.289. The second kappa shape index (κ2) is 2.76. The number of hydrogen-bond acceptors (Lipinski definition) is 2. The van der Waals surface area contributed by atoms with E-state index in [1.54, 1.807) is 0 Å². The quantitative estimate of drug-likeness (QED) is 0.561. The van der Waals surface area contributed by atoms with Gasteiger partial charge in [-0.25, -0.2) is 0 Å². The van der Waals surface area contributed by atoms with Crippen molar-refractivity contribution < 1.29 is 0 Å². The van der Waals surface area contributed by atoms with Crippen LogP contribution in [0.2, 0.25) is 0 Å². The molecular weight excluding hydrogens is 166 g/mol. The van der Waals surface area contributed by atoms with Gasteiger partial charge in [-0.1, -0.05) is 19.3 Å². The molecule has 0 saturated heterocycles. The fourth-order valence-electron chi connectivity index (χ4n) is 2.15. The molecule has 12 heavy (non-hydrogen) atoms. The first-order valence-electron chi connectivity index (χ1n) is 4.89. The van der Waals surface area contributed by atoms with Crippen molar-refractivity contribution in [1.29, 1.82) is 0 Å². The van der Waals surface area contributed by atoms with Gasteiger partial charge in [0, 0.05) is 11.0 Å². The van der Waals surface area contributed by atoms with E-state index in [-0.39, 0.29) is 4.75 Å². The van der Waals surface area contributed by atoms with Crippen LogP contribution in [-0.2, 0) is 0 Å². The fraction of sp³-hybridized carbons (Fsp3) is 0.900. The van der Waals surface area contributed by atoms with E-state index in [0.29, 0.717) is 4.87 Å². The number of rotatable bonds is 0. The molecule has 0 bridgehead atoms. The Bertz CT molecular complexity index is 202. The minimum Gasteiger partial charge on any atom is -0.279 e. The largest absolute Gasteiger partial charge is 0.279 e. The van der Waals surface area contributed by atoms with Gasteiger partial charge < -0.3 is 0 Å². The Morgan fingerprint density at radius 1 is 1.17 bits per heavy atom. The summed E-state index contributed by atoms with van der Waals surface area (Å²) in [5.41, 5.74) is 0. The molecule has 0 amide bonds. The van der Waals surface area contributed by atoms with Crippen LogP contribution in [0.15, 0.2) is 4.99 Å². The van der Waals surface area contributed by atoms with Crippen LogP contribution >= 0.6 is 11.8 Å². The van der Waals surface area contributed by atoms with Crippen LogP contribution in [0.25, 0.3) is 0 Å². The van der Waals surface area contributed by atoms with Gasteiger partial charge in [0.2, 0.25) is 0 Å². The molecule has 1 saturated carbocycles. The molecular formula is C10H17NS. The minimum atomic E-state index is 0.289. The van der Waals surface area contributed by atoms with Crippen molar-refractivity contribution in [3.05, 3.63) is 0 Å². The summed E-state index contributed by atoms with van der Waals surface area (Å²) in [6, 6.07) is 0. The van der Waals surface area contributed by atoms with Crippen molar-refractivity contribution in [3.8, 4) is 0 Å². The summed E-state index contributed by atoms with van der Waals surface area (Å²) < 4.78 is 0.289. The van der Waals surface area contributed by atoms with Gasteiger partial charge in [0.25, 0.3) is 0 Å². The molecule has 0 N–H and O–H groups in total. The monoisotopic (exact) mass is 183 g/mol. The molecule has 1 spiro atoms. The van der Waals surface area contributed by atoms with E-state index in [2.05, 4.69) is 31.8 Å². The van der Waals surface area contributed by atoms with Crippen molar-refractivity contribution in [3.63, 3.8) is 0 Å². The molecule has 2 aliphatic rings. The predicted octanol–water partition coefficient (Wildman–Crippen LogP) is 3.24. The molecule has 2 rings (SSSR count). The molecule has 0 aromatic carbocycles. The van der Waals surface area contributed by atoms with Crippen LogP contribution in [0.1, 0.15) is 46.0 Å². The molecule has 0 radical (unpaired) electrons. The smallest absolute Gasteiger partial charge is 0.106 e. The Balaban J connectivity index is 2.10. The molecule has 1 aliphatic heterocycles. The van der Waals surface area contributed by atoms with Gasteiger partial charge in [-0.3, -0.25) is 4.99 Å². The maximum absolute atomic E-state index is 4.72. The summed E-state index contributed by atoms with van der Waals surface area (Å²) in [5, 5.41) is 0. The zero-order chi connectivity index (χ0) is 8.66. The molecule has 0 atom stereocenters. The molecule has 1 nitrogen and oxygen atoms in total. The first kappa shape index (κ1) is 8.61. The van der Waals surface area contributed by atoms with E-state index in [9.17, 15) is 0 Å². The van der Waals surface area contributed by atoms with Crippen LogP contribution < -0.4 is 0 Å². The summed E-state index contributed by atoms with van der Waals surface area (Å²) in [7, 11) is 0. The highest BCUT2D eigenvalue weighted by atomic mass is 32.2. The van der Waals surface area contributed by atoms with Gasteiger partial charge >= 0.3 is 0 Å². The standard InChI is InChI=1S/C10H17NS/c1-9(2)8-11-10(12-9)6-4-3-5-7-10/h8H,3-7H2,1-2H3. The zero-order valence-electron chi connectivity index (χ0n) is 7.97. The summed E-state index contributed by atoms with van der Waals surface area (Å²) in [4.78, 5) is 5.01. The maximum atomic E-state index is 4.72. The maximum Gasteiger partial charge on any atom is 0.106 e. The van der Waals surface area contributed by atoms with E-state index in [1.165, 1.54) is 32.1 Å². The number of nitrogens with zero attached hydrogens (tertiary/aromatic N) is 1. The third-order valence-corrected chi connectivity index (χ3v) is 4.22. The van der Waals surface area contributed by atoms with Crippen LogP contribution in [-0.4, -0.2) is 15.8 Å². The summed E-state index contributed by atoms with van der Waals surface area (Å²) in [5.74, 6) is 0. The van der Waals surface area contributed by atoms with E-state index in [4.69, 9.17) is 4.99 Å². The molecule has 68 valence electrons. The van der Waals surface area contributed by atoms with Gasteiger partial charge in [-0.2, -0.15) is 0 Å². The summed E-state index contributed by atoms with van der Waals surface area (Å²) in [6.45, 7) is 4.54. The van der Waals surface area contributed by atoms with Gasteiger partial charge in [0.15, 0.2) is 0 Å². The van der Waals surface area contributed by atoms with Crippen LogP contribution in [0.3, 0.4) is 0 Å². The second-order valence-electron chi connectivity index (χ2n) is 4.47. The summed E-state index contributed by atoms with van der Waals surface area (Å²) in [6.07, 6.45) is 8.93. The SMILES string of the molecule is CC1(C)C=NC2(CCCCC2)S1. The number of aliphatic imine (C=N–C) groups is 1. The Hall–Kier alpha value is 0.0200. The molecule has 1 aliphatic carbocycles. The van der Waals surface area contributed by atoms with Crippen molar-refractivity contribution in [2.75, 3.05) is 0 Å². The lowest BCUT2D eigenvalue weighted by molar-refractivity contribution is 0.413. The second-order valence-corrected chi connectivity index (χ2v) is 6.49. The van der Waals surface area contributed by atoms with Crippen molar-refractivity contribution >= 4 is 18.0 Å². The normalized spacial score (nSPS) is 31.2. The topological polar surface area (TPSA) is 12.4 Å². The third kappa shape index (κ3) is 1.54. The Labute approximate surface area is 79.0 Å². The van der Waals surface area contributed by atoms with Crippen molar-refractivity contribution in [2.24, 2.45) is 4.99 Å². The van der Waals surface area contributed by atoms with E-state index in [1.807, 2.05) is 0 Å². The molecule has 2 heteroatoms. The molecule has 1 fully saturated rings. The lowest BCUT2D eigenvalue weighted by Crippen LogP contribution is -2.25. The highest BCUT2D eigenvalue weighted by molar-refractivity contribution is 8.03. The van der Waals surface area contributed by atoms with E-state index in [0.717, 1.165) is 0 Å². The number of hydrogen-bond donors (Lipinski definition) is 0. The predicted molar refractivity (Wildman–Crippen MR) is 56.0 cm³/mol. The van der Waals surface area contributed by atoms with Crippen molar-refractivity contribution in [1.82, 2.24) is 0 Å². The third-order valence-electron chi connectivity index (χ3n) is 2.70. The average Bonchev–Trinajstić information content (AvgIpc) is 2.29. The lowest BCUT2D eigenvalue weighted by atomic mass is 9.95. The number of thioether (sulfide) groups is 1. The Kier molecular flexibility index (Phi) is 1.98. The van der Waals surface area contributed by atoms with Gasteiger partial charge in [0.1, 0.15) is 4.87 Å². The Morgan fingerprint density at radius 2 is 1.83 bits per heavy atom. The van der Waals surface area contributed by atoms with Crippen LogP contribution in [0, 0.1) is 0 Å². The fourth-order valence-corrected chi connectivity index (χ4v) is 3.83. The molecule has 0 aromatic heterocycles. The van der Waals surface area contributed by atoms with Gasteiger partial charge in [-0.05, 0) is 26.7 Å². The van der Waals surface area contributed by atoms with Crippen LogP contribution in [0.4, 0.5) is 0 Å².